The van der Waals surface area contributed by atoms with Crippen LogP contribution >= 0.6 is 0 Å². The number of carbonyl (C=O) groups excluding carboxylic acids is 1. The summed E-state index contributed by atoms with van der Waals surface area (Å²) < 4.78 is 0. The van der Waals surface area contributed by atoms with E-state index in [9.17, 15) is 4.79 Å². The second-order valence-electron chi connectivity index (χ2n) is 7.02. The third-order valence-electron chi connectivity index (χ3n) is 4.73. The summed E-state index contributed by atoms with van der Waals surface area (Å²) in [6.45, 7) is 3.76. The molecule has 1 saturated heterocycles. The minimum atomic E-state index is -0.0960. The third kappa shape index (κ3) is 5.01. The fourth-order valence-electron chi connectivity index (χ4n) is 3.34. The van der Waals surface area contributed by atoms with Crippen LogP contribution in [0, 0.1) is 0 Å². The van der Waals surface area contributed by atoms with Gasteiger partial charge in [-0.2, -0.15) is 4.98 Å². The maximum atomic E-state index is 11.1. The van der Waals surface area contributed by atoms with Crippen LogP contribution in [0.5, 0.6) is 0 Å². The van der Waals surface area contributed by atoms with Gasteiger partial charge in [-0.05, 0) is 67.4 Å². The number of benzene rings is 2. The first kappa shape index (κ1) is 18.7. The van der Waals surface area contributed by atoms with Crippen molar-refractivity contribution in [2.75, 3.05) is 33.9 Å². The van der Waals surface area contributed by atoms with Crippen molar-refractivity contribution in [1.82, 2.24) is 9.97 Å². The van der Waals surface area contributed by atoms with Crippen molar-refractivity contribution in [3.63, 3.8) is 0 Å². The van der Waals surface area contributed by atoms with Crippen molar-refractivity contribution in [3.8, 4) is 0 Å². The standard InChI is InChI=1S/C22H24N6O/c1-16(29)24-17-4-6-19(7-5-17)26-22-23-13-12-21(27-22)25-18-8-10-20(11-9-18)28-14-2-3-15-28/h4-13H,2-3,14-15H2,1H3,(H,24,29)(H2,23,25,26,27). The van der Waals surface area contributed by atoms with E-state index in [1.54, 1.807) is 6.20 Å². The molecule has 7 nitrogen and oxygen atoms in total. The molecule has 1 fully saturated rings. The van der Waals surface area contributed by atoms with Gasteiger partial charge in [0.1, 0.15) is 5.82 Å². The Labute approximate surface area is 170 Å². The first-order valence-electron chi connectivity index (χ1n) is 9.75. The summed E-state index contributed by atoms with van der Waals surface area (Å²) in [5.74, 6) is 1.11. The highest BCUT2D eigenvalue weighted by molar-refractivity contribution is 5.88. The summed E-state index contributed by atoms with van der Waals surface area (Å²) in [4.78, 5) is 22.3. The molecule has 1 amide bonds. The third-order valence-corrected chi connectivity index (χ3v) is 4.73. The van der Waals surface area contributed by atoms with Crippen molar-refractivity contribution >= 4 is 40.4 Å². The van der Waals surface area contributed by atoms with Crippen LogP contribution in [0.1, 0.15) is 19.8 Å². The Balaban J connectivity index is 1.40. The van der Waals surface area contributed by atoms with Gasteiger partial charge in [-0.25, -0.2) is 4.98 Å². The molecule has 0 spiro atoms. The smallest absolute Gasteiger partial charge is 0.229 e. The summed E-state index contributed by atoms with van der Waals surface area (Å²) >= 11 is 0. The highest BCUT2D eigenvalue weighted by Gasteiger charge is 2.11. The molecule has 7 heteroatoms. The molecule has 1 aliphatic heterocycles. The molecule has 0 radical (unpaired) electrons. The van der Waals surface area contributed by atoms with Crippen LogP contribution in [0.4, 0.5) is 34.5 Å². The van der Waals surface area contributed by atoms with E-state index in [0.717, 1.165) is 30.2 Å². The lowest BCUT2D eigenvalue weighted by molar-refractivity contribution is -0.114. The number of hydrogen-bond donors (Lipinski definition) is 3. The van der Waals surface area contributed by atoms with Gasteiger partial charge in [0.2, 0.25) is 11.9 Å². The lowest BCUT2D eigenvalue weighted by Crippen LogP contribution is -2.17. The maximum absolute atomic E-state index is 11.1. The molecule has 0 atom stereocenters. The Morgan fingerprint density at radius 3 is 2.17 bits per heavy atom. The molecule has 0 bridgehead atoms. The highest BCUT2D eigenvalue weighted by Crippen LogP contribution is 2.24. The van der Waals surface area contributed by atoms with E-state index in [0.29, 0.717) is 11.8 Å². The molecule has 1 aliphatic rings. The Bertz CT molecular complexity index is 965. The van der Waals surface area contributed by atoms with Crippen LogP contribution < -0.4 is 20.9 Å². The minimum Gasteiger partial charge on any atom is -0.372 e. The van der Waals surface area contributed by atoms with E-state index < -0.39 is 0 Å². The maximum Gasteiger partial charge on any atom is 0.229 e. The number of anilines is 6. The zero-order valence-electron chi connectivity index (χ0n) is 16.4. The van der Waals surface area contributed by atoms with E-state index in [2.05, 4.69) is 55.1 Å². The summed E-state index contributed by atoms with van der Waals surface area (Å²) in [7, 11) is 0. The normalized spacial score (nSPS) is 13.2. The highest BCUT2D eigenvalue weighted by atomic mass is 16.1. The number of nitrogens with zero attached hydrogens (tertiary/aromatic N) is 3. The van der Waals surface area contributed by atoms with E-state index in [-0.39, 0.29) is 5.91 Å². The Morgan fingerprint density at radius 2 is 1.48 bits per heavy atom. The molecule has 0 saturated carbocycles. The SMILES string of the molecule is CC(=O)Nc1ccc(Nc2nccc(Nc3ccc(N4CCCC4)cc3)n2)cc1. The van der Waals surface area contributed by atoms with Crippen molar-refractivity contribution in [3.05, 3.63) is 60.8 Å². The van der Waals surface area contributed by atoms with Gasteiger partial charge in [-0.3, -0.25) is 4.79 Å². The topological polar surface area (TPSA) is 82.2 Å². The second kappa shape index (κ2) is 8.60. The first-order valence-corrected chi connectivity index (χ1v) is 9.75. The van der Waals surface area contributed by atoms with Crippen LogP contribution in [0.15, 0.2) is 60.8 Å². The summed E-state index contributed by atoms with van der Waals surface area (Å²) in [5.41, 5.74) is 3.83. The van der Waals surface area contributed by atoms with Crippen molar-refractivity contribution in [1.29, 1.82) is 0 Å². The van der Waals surface area contributed by atoms with Crippen LogP contribution in [0.3, 0.4) is 0 Å². The molecule has 3 aromatic rings. The first-order chi connectivity index (χ1) is 14.2. The predicted octanol–water partition coefficient (Wildman–Crippen LogP) is 4.52. The van der Waals surface area contributed by atoms with Gasteiger partial charge >= 0.3 is 0 Å². The molecule has 2 heterocycles. The van der Waals surface area contributed by atoms with E-state index >= 15 is 0 Å². The predicted molar refractivity (Wildman–Crippen MR) is 117 cm³/mol. The van der Waals surface area contributed by atoms with E-state index in [1.807, 2.05) is 30.3 Å². The summed E-state index contributed by atoms with van der Waals surface area (Å²) in [6.07, 6.45) is 4.25. The van der Waals surface area contributed by atoms with Crippen molar-refractivity contribution < 1.29 is 4.79 Å². The van der Waals surface area contributed by atoms with Gasteiger partial charge in [-0.1, -0.05) is 0 Å². The Morgan fingerprint density at radius 1 is 0.862 bits per heavy atom. The summed E-state index contributed by atoms with van der Waals surface area (Å²) in [5, 5.41) is 9.24. The lowest BCUT2D eigenvalue weighted by Gasteiger charge is -2.18. The fourth-order valence-corrected chi connectivity index (χ4v) is 3.34. The summed E-state index contributed by atoms with van der Waals surface area (Å²) in [6, 6.07) is 17.7. The molecule has 1 aromatic heterocycles. The number of hydrogen-bond acceptors (Lipinski definition) is 6. The lowest BCUT2D eigenvalue weighted by atomic mass is 10.2. The number of rotatable bonds is 6. The Kier molecular flexibility index (Phi) is 5.56. The molecule has 0 aliphatic carbocycles. The molecule has 0 unspecified atom stereocenters. The van der Waals surface area contributed by atoms with Crippen molar-refractivity contribution in [2.24, 2.45) is 0 Å². The zero-order chi connectivity index (χ0) is 20.1. The molecule has 4 rings (SSSR count). The fraction of sp³-hybridized carbons (Fsp3) is 0.227. The van der Waals surface area contributed by atoms with Crippen molar-refractivity contribution in [2.45, 2.75) is 19.8 Å². The van der Waals surface area contributed by atoms with Gasteiger partial charge in [-0.15, -0.1) is 0 Å². The van der Waals surface area contributed by atoms with E-state index in [4.69, 9.17) is 0 Å². The zero-order valence-corrected chi connectivity index (χ0v) is 16.4. The molecule has 3 N–H and O–H groups in total. The molecule has 148 valence electrons. The minimum absolute atomic E-state index is 0.0960. The average Bonchev–Trinajstić information content (AvgIpc) is 3.25. The van der Waals surface area contributed by atoms with Crippen LogP contribution in [-0.2, 0) is 4.79 Å². The molecular formula is C22H24N6O. The largest absolute Gasteiger partial charge is 0.372 e. The van der Waals surface area contributed by atoms with Crippen LogP contribution in [0.2, 0.25) is 0 Å². The van der Waals surface area contributed by atoms with E-state index in [1.165, 1.54) is 25.5 Å². The quantitative estimate of drug-likeness (QED) is 0.576. The van der Waals surface area contributed by atoms with Gasteiger partial charge in [0.05, 0.1) is 0 Å². The van der Waals surface area contributed by atoms with Crippen LogP contribution in [-0.4, -0.2) is 29.0 Å². The molecular weight excluding hydrogens is 364 g/mol. The molecule has 29 heavy (non-hydrogen) atoms. The number of aromatic nitrogens is 2. The van der Waals surface area contributed by atoms with Crippen LogP contribution in [0.25, 0.3) is 0 Å². The van der Waals surface area contributed by atoms with Gasteiger partial charge < -0.3 is 20.9 Å². The number of carbonyl (C=O) groups is 1. The van der Waals surface area contributed by atoms with Gasteiger partial charge in [0, 0.05) is 49.0 Å². The number of amides is 1. The molecule has 2 aromatic carbocycles. The monoisotopic (exact) mass is 388 g/mol. The second-order valence-corrected chi connectivity index (χ2v) is 7.02. The Hall–Kier alpha value is -3.61. The van der Waals surface area contributed by atoms with Gasteiger partial charge in [0.15, 0.2) is 0 Å². The number of nitrogens with one attached hydrogen (secondary N) is 3. The van der Waals surface area contributed by atoms with Gasteiger partial charge in [0.25, 0.3) is 0 Å². The average molecular weight is 388 g/mol.